The molecule has 1 unspecified atom stereocenters. The second-order valence-corrected chi connectivity index (χ2v) is 4.45. The van der Waals surface area contributed by atoms with Crippen LogP contribution >= 0.6 is 0 Å². The fourth-order valence-corrected chi connectivity index (χ4v) is 1.58. The van der Waals surface area contributed by atoms with E-state index < -0.39 is 5.41 Å². The zero-order valence-electron chi connectivity index (χ0n) is 9.22. The first kappa shape index (κ1) is 11.5. The van der Waals surface area contributed by atoms with Crippen LogP contribution in [-0.4, -0.2) is 38.8 Å². The van der Waals surface area contributed by atoms with E-state index in [4.69, 9.17) is 4.74 Å². The number of ether oxygens (including phenoxy) is 1. The maximum Gasteiger partial charge on any atom is 0.312 e. The molecular weight excluding hydrogens is 180 g/mol. The molecule has 1 fully saturated rings. The van der Waals surface area contributed by atoms with Gasteiger partial charge in [-0.15, -0.1) is 0 Å². The van der Waals surface area contributed by atoms with Gasteiger partial charge in [0.25, 0.3) is 0 Å². The summed E-state index contributed by atoms with van der Waals surface area (Å²) in [6.07, 6.45) is 1.14. The largest absolute Gasteiger partial charge is 0.469 e. The maximum atomic E-state index is 11.4. The SMILES string of the molecule is COC(=O)C(C)(C)CNC1CCNC1. The number of methoxy groups -OCH3 is 1. The van der Waals surface area contributed by atoms with Crippen molar-refractivity contribution in [1.29, 1.82) is 0 Å². The summed E-state index contributed by atoms with van der Waals surface area (Å²) in [6, 6.07) is 0.499. The summed E-state index contributed by atoms with van der Waals surface area (Å²) in [5, 5.41) is 6.65. The van der Waals surface area contributed by atoms with Crippen molar-refractivity contribution in [3.63, 3.8) is 0 Å². The van der Waals surface area contributed by atoms with Crippen LogP contribution in [-0.2, 0) is 9.53 Å². The van der Waals surface area contributed by atoms with Crippen LogP contribution in [0.25, 0.3) is 0 Å². The van der Waals surface area contributed by atoms with Crippen molar-refractivity contribution in [3.8, 4) is 0 Å². The minimum atomic E-state index is -0.433. The average Bonchev–Trinajstić information content (AvgIpc) is 2.66. The second-order valence-electron chi connectivity index (χ2n) is 4.45. The number of esters is 1. The summed E-state index contributed by atoms with van der Waals surface area (Å²) in [5.74, 6) is -0.157. The first-order valence-corrected chi connectivity index (χ1v) is 5.09. The standard InChI is InChI=1S/C10H20N2O2/c1-10(2,9(13)14-3)7-12-8-4-5-11-6-8/h8,11-12H,4-7H2,1-3H3. The van der Waals surface area contributed by atoms with Crippen molar-refractivity contribution in [3.05, 3.63) is 0 Å². The van der Waals surface area contributed by atoms with Gasteiger partial charge in [0.15, 0.2) is 0 Å². The van der Waals surface area contributed by atoms with Gasteiger partial charge in [0.05, 0.1) is 12.5 Å². The molecule has 0 saturated carbocycles. The summed E-state index contributed by atoms with van der Waals surface area (Å²) < 4.78 is 4.74. The third-order valence-corrected chi connectivity index (χ3v) is 2.63. The van der Waals surface area contributed by atoms with E-state index in [-0.39, 0.29) is 5.97 Å². The smallest absolute Gasteiger partial charge is 0.312 e. The van der Waals surface area contributed by atoms with Crippen LogP contribution in [0.5, 0.6) is 0 Å². The highest BCUT2D eigenvalue weighted by atomic mass is 16.5. The van der Waals surface area contributed by atoms with Gasteiger partial charge >= 0.3 is 5.97 Å². The third kappa shape index (κ3) is 2.96. The third-order valence-electron chi connectivity index (χ3n) is 2.63. The molecule has 0 aromatic carbocycles. The lowest BCUT2D eigenvalue weighted by Crippen LogP contribution is -2.42. The van der Waals surface area contributed by atoms with Crippen LogP contribution in [0.15, 0.2) is 0 Å². The Hall–Kier alpha value is -0.610. The van der Waals surface area contributed by atoms with Crippen molar-refractivity contribution >= 4 is 5.97 Å². The zero-order chi connectivity index (χ0) is 10.6. The Bertz CT molecular complexity index is 198. The molecule has 82 valence electrons. The maximum absolute atomic E-state index is 11.4. The lowest BCUT2D eigenvalue weighted by atomic mass is 9.93. The molecule has 1 aliphatic rings. The molecule has 0 spiro atoms. The van der Waals surface area contributed by atoms with Crippen LogP contribution in [0.3, 0.4) is 0 Å². The second kappa shape index (κ2) is 4.75. The van der Waals surface area contributed by atoms with Gasteiger partial charge in [-0.3, -0.25) is 4.79 Å². The number of rotatable bonds is 4. The molecule has 2 N–H and O–H groups in total. The summed E-state index contributed by atoms with van der Waals surface area (Å²) in [4.78, 5) is 11.4. The quantitative estimate of drug-likeness (QED) is 0.634. The highest BCUT2D eigenvalue weighted by Crippen LogP contribution is 2.16. The van der Waals surface area contributed by atoms with Gasteiger partial charge < -0.3 is 15.4 Å². The number of hydrogen-bond donors (Lipinski definition) is 2. The monoisotopic (exact) mass is 200 g/mol. The van der Waals surface area contributed by atoms with Crippen molar-refractivity contribution in [2.24, 2.45) is 5.41 Å². The first-order chi connectivity index (χ1) is 6.56. The van der Waals surface area contributed by atoms with Crippen LogP contribution in [0.1, 0.15) is 20.3 Å². The number of hydrogen-bond acceptors (Lipinski definition) is 4. The van der Waals surface area contributed by atoms with Crippen molar-refractivity contribution in [2.45, 2.75) is 26.3 Å². The molecule has 0 aromatic heterocycles. The van der Waals surface area contributed by atoms with E-state index in [0.717, 1.165) is 19.5 Å². The van der Waals surface area contributed by atoms with Gasteiger partial charge in [-0.1, -0.05) is 0 Å². The van der Waals surface area contributed by atoms with Crippen LogP contribution < -0.4 is 10.6 Å². The molecular formula is C10H20N2O2. The summed E-state index contributed by atoms with van der Waals surface area (Å²) in [7, 11) is 1.43. The van der Waals surface area contributed by atoms with Gasteiger partial charge in [-0.05, 0) is 26.8 Å². The van der Waals surface area contributed by atoms with E-state index in [1.165, 1.54) is 7.11 Å². The molecule has 1 rings (SSSR count). The molecule has 1 atom stereocenters. The van der Waals surface area contributed by atoms with Gasteiger partial charge in [0.2, 0.25) is 0 Å². The Morgan fingerprint density at radius 3 is 2.86 bits per heavy atom. The molecule has 4 heteroatoms. The number of nitrogens with one attached hydrogen (secondary N) is 2. The lowest BCUT2D eigenvalue weighted by molar-refractivity contribution is -0.150. The van der Waals surface area contributed by atoms with Crippen LogP contribution in [0.4, 0.5) is 0 Å². The fraction of sp³-hybridized carbons (Fsp3) is 0.900. The van der Waals surface area contributed by atoms with Gasteiger partial charge in [-0.25, -0.2) is 0 Å². The Balaban J connectivity index is 2.31. The lowest BCUT2D eigenvalue weighted by Gasteiger charge is -2.23. The molecule has 1 saturated heterocycles. The highest BCUT2D eigenvalue weighted by molar-refractivity contribution is 5.76. The van der Waals surface area contributed by atoms with E-state index >= 15 is 0 Å². The normalized spacial score (nSPS) is 22.4. The molecule has 1 aliphatic heterocycles. The minimum Gasteiger partial charge on any atom is -0.469 e. The van der Waals surface area contributed by atoms with Gasteiger partial charge in [0.1, 0.15) is 0 Å². The van der Waals surface area contributed by atoms with E-state index in [2.05, 4.69) is 10.6 Å². The van der Waals surface area contributed by atoms with Crippen LogP contribution in [0, 0.1) is 5.41 Å². The molecule has 0 radical (unpaired) electrons. The van der Waals surface area contributed by atoms with E-state index in [9.17, 15) is 4.79 Å². The van der Waals surface area contributed by atoms with Crippen LogP contribution in [0.2, 0.25) is 0 Å². The Labute approximate surface area is 85.4 Å². The summed E-state index contributed by atoms with van der Waals surface area (Å²) in [6.45, 7) is 6.53. The zero-order valence-corrected chi connectivity index (χ0v) is 9.22. The molecule has 0 aliphatic carbocycles. The number of carbonyl (C=O) groups is 1. The fourth-order valence-electron chi connectivity index (χ4n) is 1.58. The van der Waals surface area contributed by atoms with Gasteiger partial charge in [-0.2, -0.15) is 0 Å². The molecule has 4 nitrogen and oxygen atoms in total. The minimum absolute atomic E-state index is 0.157. The Morgan fingerprint density at radius 1 is 1.64 bits per heavy atom. The summed E-state index contributed by atoms with van der Waals surface area (Å²) in [5.41, 5.74) is -0.433. The average molecular weight is 200 g/mol. The molecule has 0 aromatic rings. The number of carbonyl (C=O) groups excluding carboxylic acids is 1. The molecule has 1 heterocycles. The van der Waals surface area contributed by atoms with E-state index in [1.54, 1.807) is 0 Å². The van der Waals surface area contributed by atoms with Crippen molar-refractivity contribution in [1.82, 2.24) is 10.6 Å². The predicted octanol–water partition coefficient (Wildman–Crippen LogP) is 0.137. The Kier molecular flexibility index (Phi) is 3.89. The molecule has 14 heavy (non-hydrogen) atoms. The first-order valence-electron chi connectivity index (χ1n) is 5.09. The predicted molar refractivity (Wildman–Crippen MR) is 55.1 cm³/mol. The Morgan fingerprint density at radius 2 is 2.36 bits per heavy atom. The van der Waals surface area contributed by atoms with Crippen molar-refractivity contribution < 1.29 is 9.53 Å². The van der Waals surface area contributed by atoms with E-state index in [0.29, 0.717) is 12.6 Å². The topological polar surface area (TPSA) is 50.4 Å². The highest BCUT2D eigenvalue weighted by Gasteiger charge is 2.29. The molecule has 0 amide bonds. The van der Waals surface area contributed by atoms with Crippen molar-refractivity contribution in [2.75, 3.05) is 26.7 Å². The van der Waals surface area contributed by atoms with Gasteiger partial charge in [0, 0.05) is 19.1 Å². The summed E-state index contributed by atoms with van der Waals surface area (Å²) >= 11 is 0. The van der Waals surface area contributed by atoms with E-state index in [1.807, 2.05) is 13.8 Å². The molecule has 0 bridgehead atoms.